The molecule has 0 bridgehead atoms. The highest BCUT2D eigenvalue weighted by molar-refractivity contribution is 6.00. The predicted molar refractivity (Wildman–Crippen MR) is 84.3 cm³/mol. The fourth-order valence-electron chi connectivity index (χ4n) is 1.98. The van der Waals surface area contributed by atoms with E-state index in [1.165, 1.54) is 12.1 Å². The average molecular weight is 312 g/mol. The molecule has 0 radical (unpaired) electrons. The first-order chi connectivity index (χ1) is 9.72. The molecule has 1 heterocycles. The van der Waals surface area contributed by atoms with Gasteiger partial charge in [0.15, 0.2) is 0 Å². The molecule has 6 heteroatoms. The molecule has 1 aromatic carbocycles. The Bertz CT molecular complexity index is 569. The maximum Gasteiger partial charge on any atom is 0.253 e. The maximum absolute atomic E-state index is 12.9. The van der Waals surface area contributed by atoms with Gasteiger partial charge in [0.05, 0.1) is 5.56 Å². The topological polar surface area (TPSA) is 56.9 Å². The lowest BCUT2D eigenvalue weighted by molar-refractivity contribution is 0.0954. The summed E-state index contributed by atoms with van der Waals surface area (Å²) < 4.78 is 12.9. The first-order valence-corrected chi connectivity index (χ1v) is 6.58. The predicted octanol–water partition coefficient (Wildman–Crippen LogP) is 2.58. The van der Waals surface area contributed by atoms with E-state index < -0.39 is 0 Å². The molecule has 3 N–H and O–H groups in total. The number of hydrogen-bond acceptors (Lipinski definition) is 2. The van der Waals surface area contributed by atoms with Gasteiger partial charge in [0.25, 0.3) is 5.91 Å². The van der Waals surface area contributed by atoms with Gasteiger partial charge in [-0.1, -0.05) is 12.1 Å². The van der Waals surface area contributed by atoms with Gasteiger partial charge in [0.2, 0.25) is 0 Å². The highest BCUT2D eigenvalue weighted by atomic mass is 35.5. The molecule has 4 nitrogen and oxygen atoms in total. The second kappa shape index (κ2) is 8.44. The molecule has 0 spiro atoms. The summed E-state index contributed by atoms with van der Waals surface area (Å²) in [6, 6.07) is 6.10. The lowest BCUT2D eigenvalue weighted by Crippen LogP contribution is -2.26. The third kappa shape index (κ3) is 4.58. The fraction of sp³-hybridized carbons (Fsp3) is 0.267. The van der Waals surface area contributed by atoms with Gasteiger partial charge in [-0.3, -0.25) is 4.79 Å². The number of aromatic amines is 1. The van der Waals surface area contributed by atoms with Crippen molar-refractivity contribution in [1.29, 1.82) is 0 Å². The SMILES string of the molecule is CNCCCNC(=O)c1c[nH]cc1-c1ccc(F)cc1.Cl. The zero-order chi connectivity index (χ0) is 14.4. The lowest BCUT2D eigenvalue weighted by Gasteiger charge is -2.06. The van der Waals surface area contributed by atoms with E-state index >= 15 is 0 Å². The summed E-state index contributed by atoms with van der Waals surface area (Å²) >= 11 is 0. The van der Waals surface area contributed by atoms with Crippen molar-refractivity contribution in [2.24, 2.45) is 0 Å². The van der Waals surface area contributed by atoms with Gasteiger partial charge in [-0.2, -0.15) is 0 Å². The summed E-state index contributed by atoms with van der Waals surface area (Å²) in [5, 5.41) is 5.89. The van der Waals surface area contributed by atoms with Crippen molar-refractivity contribution in [2.75, 3.05) is 20.1 Å². The molecule has 0 aliphatic rings. The van der Waals surface area contributed by atoms with Gasteiger partial charge in [-0.25, -0.2) is 4.39 Å². The molecule has 1 aromatic heterocycles. The molecule has 0 aliphatic heterocycles. The standard InChI is InChI=1S/C15H18FN3O.ClH/c1-17-7-2-8-19-15(20)14-10-18-9-13(14)11-3-5-12(16)6-4-11;/h3-6,9-10,17-18H,2,7-8H2,1H3,(H,19,20);1H. The summed E-state index contributed by atoms with van der Waals surface area (Å²) in [7, 11) is 1.88. The highest BCUT2D eigenvalue weighted by Gasteiger charge is 2.13. The maximum atomic E-state index is 12.9. The summed E-state index contributed by atoms with van der Waals surface area (Å²) in [6.07, 6.45) is 4.28. The molecule has 1 amide bonds. The molecule has 0 fully saturated rings. The van der Waals surface area contributed by atoms with E-state index in [0.717, 1.165) is 24.1 Å². The van der Waals surface area contributed by atoms with E-state index in [-0.39, 0.29) is 24.1 Å². The van der Waals surface area contributed by atoms with Crippen molar-refractivity contribution in [3.63, 3.8) is 0 Å². The van der Waals surface area contributed by atoms with Crippen LogP contribution in [0.4, 0.5) is 4.39 Å². The van der Waals surface area contributed by atoms with E-state index in [0.29, 0.717) is 12.1 Å². The number of amides is 1. The van der Waals surface area contributed by atoms with Crippen molar-refractivity contribution in [2.45, 2.75) is 6.42 Å². The molecule has 0 unspecified atom stereocenters. The Morgan fingerprint density at radius 1 is 1.19 bits per heavy atom. The Balaban J connectivity index is 0.00000220. The van der Waals surface area contributed by atoms with Crippen molar-refractivity contribution in [1.82, 2.24) is 15.6 Å². The molecule has 0 atom stereocenters. The van der Waals surface area contributed by atoms with Crippen LogP contribution >= 0.6 is 12.4 Å². The van der Waals surface area contributed by atoms with E-state index in [1.807, 2.05) is 7.05 Å². The first kappa shape index (κ1) is 17.2. The van der Waals surface area contributed by atoms with Gasteiger partial charge >= 0.3 is 0 Å². The van der Waals surface area contributed by atoms with E-state index in [9.17, 15) is 9.18 Å². The smallest absolute Gasteiger partial charge is 0.253 e. The van der Waals surface area contributed by atoms with Crippen LogP contribution < -0.4 is 10.6 Å². The Morgan fingerprint density at radius 3 is 2.57 bits per heavy atom. The number of carbonyl (C=O) groups excluding carboxylic acids is 1. The molecule has 2 aromatic rings. The van der Waals surface area contributed by atoms with Gasteiger partial charge in [0.1, 0.15) is 5.82 Å². The normalized spacial score (nSPS) is 10.0. The Labute approximate surface area is 129 Å². The quantitative estimate of drug-likeness (QED) is 0.718. The Kier molecular flexibility index (Phi) is 6.91. The van der Waals surface area contributed by atoms with Crippen LogP contribution in [0.25, 0.3) is 11.1 Å². The third-order valence-electron chi connectivity index (χ3n) is 3.03. The minimum Gasteiger partial charge on any atom is -0.366 e. The summed E-state index contributed by atoms with van der Waals surface area (Å²) in [5.41, 5.74) is 2.16. The number of rotatable bonds is 6. The second-order valence-corrected chi connectivity index (χ2v) is 4.50. The molecule has 114 valence electrons. The fourth-order valence-corrected chi connectivity index (χ4v) is 1.98. The molecule has 0 saturated heterocycles. The molecular formula is C15H19ClFN3O. The van der Waals surface area contributed by atoms with Crippen LogP contribution in [0.15, 0.2) is 36.7 Å². The first-order valence-electron chi connectivity index (χ1n) is 6.58. The largest absolute Gasteiger partial charge is 0.366 e. The minimum atomic E-state index is -0.289. The van der Waals surface area contributed by atoms with Gasteiger partial charge < -0.3 is 15.6 Å². The van der Waals surface area contributed by atoms with Gasteiger partial charge in [-0.15, -0.1) is 12.4 Å². The number of nitrogens with one attached hydrogen (secondary N) is 3. The van der Waals surface area contributed by atoms with Crippen molar-refractivity contribution in [3.05, 3.63) is 48.0 Å². The number of halogens is 2. The minimum absolute atomic E-state index is 0. The summed E-state index contributed by atoms with van der Waals surface area (Å²) in [4.78, 5) is 15.0. The number of carbonyl (C=O) groups is 1. The van der Waals surface area contributed by atoms with Crippen molar-refractivity contribution >= 4 is 18.3 Å². The zero-order valence-corrected chi connectivity index (χ0v) is 12.6. The van der Waals surface area contributed by atoms with Crippen LogP contribution in [0.3, 0.4) is 0 Å². The second-order valence-electron chi connectivity index (χ2n) is 4.50. The molecule has 2 rings (SSSR count). The van der Waals surface area contributed by atoms with Crippen LogP contribution in [-0.4, -0.2) is 31.0 Å². The third-order valence-corrected chi connectivity index (χ3v) is 3.03. The van der Waals surface area contributed by atoms with E-state index in [2.05, 4.69) is 15.6 Å². The van der Waals surface area contributed by atoms with Crippen LogP contribution in [0, 0.1) is 5.82 Å². The van der Waals surface area contributed by atoms with Crippen LogP contribution in [0.2, 0.25) is 0 Å². The van der Waals surface area contributed by atoms with Gasteiger partial charge in [0, 0.05) is 24.5 Å². The summed E-state index contributed by atoms with van der Waals surface area (Å²) in [5.74, 6) is -0.413. The molecule has 0 aliphatic carbocycles. The zero-order valence-electron chi connectivity index (χ0n) is 11.8. The monoisotopic (exact) mass is 311 g/mol. The Morgan fingerprint density at radius 2 is 1.90 bits per heavy atom. The average Bonchev–Trinajstić information content (AvgIpc) is 2.93. The van der Waals surface area contributed by atoms with Crippen LogP contribution in [-0.2, 0) is 0 Å². The summed E-state index contributed by atoms with van der Waals surface area (Å²) in [6.45, 7) is 1.48. The van der Waals surface area contributed by atoms with Gasteiger partial charge in [-0.05, 0) is 37.7 Å². The van der Waals surface area contributed by atoms with Crippen LogP contribution in [0.1, 0.15) is 16.8 Å². The van der Waals surface area contributed by atoms with E-state index in [1.54, 1.807) is 24.5 Å². The molecular weight excluding hydrogens is 293 g/mol. The van der Waals surface area contributed by atoms with Crippen molar-refractivity contribution in [3.8, 4) is 11.1 Å². The molecule has 21 heavy (non-hydrogen) atoms. The highest BCUT2D eigenvalue weighted by Crippen LogP contribution is 2.23. The number of hydrogen-bond donors (Lipinski definition) is 3. The lowest BCUT2D eigenvalue weighted by atomic mass is 10.0. The number of H-pyrrole nitrogens is 1. The van der Waals surface area contributed by atoms with Crippen molar-refractivity contribution < 1.29 is 9.18 Å². The van der Waals surface area contributed by atoms with E-state index in [4.69, 9.17) is 0 Å². The number of aromatic nitrogens is 1. The van der Waals surface area contributed by atoms with Crippen LogP contribution in [0.5, 0.6) is 0 Å². The molecule has 0 saturated carbocycles. The Hall–Kier alpha value is -1.85. The number of benzene rings is 1.